The Bertz CT molecular complexity index is 1090. The number of carbonyl (C=O) groups excluding carboxylic acids is 1. The maximum absolute atomic E-state index is 11.3. The van der Waals surface area contributed by atoms with E-state index in [0.29, 0.717) is 12.0 Å². The van der Waals surface area contributed by atoms with Crippen LogP contribution in [0.3, 0.4) is 0 Å². The van der Waals surface area contributed by atoms with Gasteiger partial charge in [-0.15, -0.1) is 0 Å². The fourth-order valence-corrected chi connectivity index (χ4v) is 3.37. The van der Waals surface area contributed by atoms with Gasteiger partial charge in [-0.3, -0.25) is 14.8 Å². The fourth-order valence-electron chi connectivity index (χ4n) is 3.37. The summed E-state index contributed by atoms with van der Waals surface area (Å²) in [5, 5.41) is 0.851. The first-order valence-corrected chi connectivity index (χ1v) is 8.59. The summed E-state index contributed by atoms with van der Waals surface area (Å²) in [6.45, 7) is 2.15. The summed E-state index contributed by atoms with van der Waals surface area (Å²) in [7, 11) is 0. The number of hydrogen-bond acceptors (Lipinski definition) is 3. The van der Waals surface area contributed by atoms with Crippen LogP contribution < -0.4 is 0 Å². The molecule has 0 spiro atoms. The van der Waals surface area contributed by atoms with Gasteiger partial charge in [-0.2, -0.15) is 0 Å². The van der Waals surface area contributed by atoms with Crippen LogP contribution >= 0.6 is 0 Å². The molecule has 3 nitrogen and oxygen atoms in total. The quantitative estimate of drug-likeness (QED) is 0.491. The lowest BCUT2D eigenvalue weighted by molar-refractivity contribution is 0.112. The molecule has 4 aromatic rings. The van der Waals surface area contributed by atoms with Gasteiger partial charge in [0.05, 0.1) is 11.2 Å². The highest BCUT2D eigenvalue weighted by Crippen LogP contribution is 2.28. The lowest BCUT2D eigenvalue weighted by Crippen LogP contribution is -2.00. The number of benzene rings is 2. The van der Waals surface area contributed by atoms with Crippen LogP contribution in [-0.4, -0.2) is 16.3 Å². The molecule has 0 aliphatic carbocycles. The monoisotopic (exact) mass is 338 g/mol. The molecule has 0 fully saturated rings. The van der Waals surface area contributed by atoms with E-state index < -0.39 is 0 Å². The minimum atomic E-state index is 0.647. The molecule has 0 unspecified atom stereocenters. The first-order valence-electron chi connectivity index (χ1n) is 8.59. The Labute approximate surface area is 152 Å². The maximum Gasteiger partial charge on any atom is 0.150 e. The molecule has 0 amide bonds. The molecule has 4 rings (SSSR count). The average Bonchev–Trinajstić information content (AvgIpc) is 2.70. The van der Waals surface area contributed by atoms with Gasteiger partial charge >= 0.3 is 0 Å². The Morgan fingerprint density at radius 2 is 1.69 bits per heavy atom. The molecule has 2 heterocycles. The summed E-state index contributed by atoms with van der Waals surface area (Å²) < 4.78 is 0. The van der Waals surface area contributed by atoms with Crippen LogP contribution in [0.2, 0.25) is 0 Å². The highest BCUT2D eigenvalue weighted by atomic mass is 16.1. The second-order valence-corrected chi connectivity index (χ2v) is 6.30. The van der Waals surface area contributed by atoms with Crippen molar-refractivity contribution in [2.75, 3.05) is 0 Å². The summed E-state index contributed by atoms with van der Waals surface area (Å²) >= 11 is 0. The summed E-state index contributed by atoms with van der Waals surface area (Å²) in [4.78, 5) is 20.3. The van der Waals surface area contributed by atoms with Crippen LogP contribution in [0.25, 0.3) is 22.0 Å². The van der Waals surface area contributed by atoms with Crippen molar-refractivity contribution in [3.8, 4) is 11.1 Å². The van der Waals surface area contributed by atoms with Crippen LogP contribution in [0, 0.1) is 6.92 Å². The predicted octanol–water partition coefficient (Wildman–Crippen LogP) is 5.01. The zero-order chi connectivity index (χ0) is 17.9. The highest BCUT2D eigenvalue weighted by molar-refractivity contribution is 5.96. The number of aromatic nitrogens is 2. The van der Waals surface area contributed by atoms with Crippen molar-refractivity contribution in [2.24, 2.45) is 0 Å². The largest absolute Gasteiger partial charge is 0.298 e. The molecular weight excluding hydrogens is 320 g/mol. The van der Waals surface area contributed by atoms with Gasteiger partial charge in [0.2, 0.25) is 0 Å². The number of carbonyl (C=O) groups is 1. The Balaban J connectivity index is 1.80. The summed E-state index contributed by atoms with van der Waals surface area (Å²) in [5.74, 6) is 0. The molecule has 0 saturated heterocycles. The van der Waals surface area contributed by atoms with Crippen molar-refractivity contribution in [1.82, 2.24) is 9.97 Å². The number of aldehydes is 1. The van der Waals surface area contributed by atoms with E-state index in [1.54, 1.807) is 18.5 Å². The zero-order valence-electron chi connectivity index (χ0n) is 14.5. The third kappa shape index (κ3) is 2.88. The number of rotatable bonds is 4. The number of hydrogen-bond donors (Lipinski definition) is 0. The van der Waals surface area contributed by atoms with Crippen LogP contribution in [0.15, 0.2) is 73.1 Å². The van der Waals surface area contributed by atoms with E-state index in [-0.39, 0.29) is 0 Å². The standard InChI is InChI=1S/C23H18N2O/c1-16-18(8-5-9-20(16)17-6-3-2-4-7-17)14-22-23-21(11-13-24-22)19(15-26)10-12-25-23/h2-13,15H,14H2,1H3. The van der Waals surface area contributed by atoms with E-state index in [1.165, 1.54) is 22.3 Å². The van der Waals surface area contributed by atoms with Gasteiger partial charge < -0.3 is 0 Å². The average molecular weight is 338 g/mol. The Morgan fingerprint density at radius 1 is 0.885 bits per heavy atom. The van der Waals surface area contributed by atoms with Crippen molar-refractivity contribution >= 4 is 17.2 Å². The van der Waals surface area contributed by atoms with E-state index in [9.17, 15) is 4.79 Å². The van der Waals surface area contributed by atoms with Gasteiger partial charge in [-0.25, -0.2) is 0 Å². The molecule has 26 heavy (non-hydrogen) atoms. The molecule has 0 aliphatic rings. The molecule has 0 bridgehead atoms. The number of fused-ring (bicyclic) bond motifs is 1. The lowest BCUT2D eigenvalue weighted by Gasteiger charge is -2.12. The van der Waals surface area contributed by atoms with Gasteiger partial charge in [-0.05, 0) is 41.3 Å². The van der Waals surface area contributed by atoms with Crippen molar-refractivity contribution in [2.45, 2.75) is 13.3 Å². The van der Waals surface area contributed by atoms with Crippen LogP contribution in [0.5, 0.6) is 0 Å². The second-order valence-electron chi connectivity index (χ2n) is 6.30. The molecule has 3 heteroatoms. The Kier molecular flexibility index (Phi) is 4.28. The van der Waals surface area contributed by atoms with Crippen molar-refractivity contribution < 1.29 is 4.79 Å². The maximum atomic E-state index is 11.3. The molecule has 0 aliphatic heterocycles. The molecule has 2 aromatic heterocycles. The topological polar surface area (TPSA) is 42.9 Å². The van der Waals surface area contributed by atoms with E-state index in [1.807, 2.05) is 12.1 Å². The van der Waals surface area contributed by atoms with Gasteiger partial charge in [0.15, 0.2) is 6.29 Å². The van der Waals surface area contributed by atoms with Gasteiger partial charge in [0.25, 0.3) is 0 Å². The van der Waals surface area contributed by atoms with E-state index in [2.05, 4.69) is 59.4 Å². The third-order valence-electron chi connectivity index (χ3n) is 4.78. The second kappa shape index (κ2) is 6.89. The molecule has 0 saturated carbocycles. The van der Waals surface area contributed by atoms with Crippen molar-refractivity contribution in [1.29, 1.82) is 0 Å². The molecule has 0 radical (unpaired) electrons. The zero-order valence-corrected chi connectivity index (χ0v) is 14.5. The molecule has 0 N–H and O–H groups in total. The van der Waals surface area contributed by atoms with Gasteiger partial charge in [-0.1, -0.05) is 48.5 Å². The van der Waals surface area contributed by atoms with Crippen molar-refractivity contribution in [3.63, 3.8) is 0 Å². The highest BCUT2D eigenvalue weighted by Gasteiger charge is 2.11. The van der Waals surface area contributed by atoms with Crippen LogP contribution in [0.1, 0.15) is 27.2 Å². The molecule has 0 atom stereocenters. The number of nitrogens with zero attached hydrogens (tertiary/aromatic N) is 2. The van der Waals surface area contributed by atoms with E-state index >= 15 is 0 Å². The minimum absolute atomic E-state index is 0.647. The number of pyridine rings is 2. The Hall–Kier alpha value is -3.33. The van der Waals surface area contributed by atoms with Crippen molar-refractivity contribution in [3.05, 3.63) is 95.4 Å². The third-order valence-corrected chi connectivity index (χ3v) is 4.78. The first-order chi connectivity index (χ1) is 12.8. The predicted molar refractivity (Wildman–Crippen MR) is 104 cm³/mol. The minimum Gasteiger partial charge on any atom is -0.298 e. The SMILES string of the molecule is Cc1c(Cc2nccc3c(C=O)ccnc23)cccc1-c1ccccc1. The van der Waals surface area contributed by atoms with E-state index in [0.717, 1.165) is 22.9 Å². The van der Waals surface area contributed by atoms with E-state index in [4.69, 9.17) is 0 Å². The lowest BCUT2D eigenvalue weighted by atomic mass is 9.94. The molecule has 126 valence electrons. The first kappa shape index (κ1) is 16.2. The van der Waals surface area contributed by atoms with Crippen LogP contribution in [-0.2, 0) is 6.42 Å². The summed E-state index contributed by atoms with van der Waals surface area (Å²) in [5.41, 5.74) is 7.22. The van der Waals surface area contributed by atoms with Gasteiger partial charge in [0.1, 0.15) is 0 Å². The summed E-state index contributed by atoms with van der Waals surface area (Å²) in [6, 6.07) is 20.3. The molecule has 2 aromatic carbocycles. The van der Waals surface area contributed by atoms with Crippen LogP contribution in [0.4, 0.5) is 0 Å². The Morgan fingerprint density at radius 3 is 2.50 bits per heavy atom. The van der Waals surface area contributed by atoms with Gasteiger partial charge in [0, 0.05) is 29.8 Å². The normalized spacial score (nSPS) is 10.8. The summed E-state index contributed by atoms with van der Waals surface area (Å²) in [6.07, 6.45) is 4.97. The smallest absolute Gasteiger partial charge is 0.150 e. The molecular formula is C23H18N2O. The fraction of sp³-hybridized carbons (Fsp3) is 0.0870.